The SMILES string of the molecule is C[Si](C)(C)C[Si](C)(C)C#CCO. The molecule has 0 aliphatic heterocycles. The van der Waals surface area contributed by atoms with Crippen LogP contribution in [0.1, 0.15) is 0 Å². The molecule has 3 heteroatoms. The normalized spacial score (nSPS) is 12.2. The number of hydrogen-bond acceptors (Lipinski definition) is 1. The predicted octanol–water partition coefficient (Wildman–Crippen LogP) is 2.11. The zero-order valence-electron chi connectivity index (χ0n) is 8.86. The van der Waals surface area contributed by atoms with Crippen molar-refractivity contribution in [2.45, 2.75) is 38.4 Å². The average molecular weight is 200 g/mol. The number of aliphatic hydroxyl groups is 1. The summed E-state index contributed by atoms with van der Waals surface area (Å²) in [7, 11) is -2.28. The van der Waals surface area contributed by atoms with Crippen molar-refractivity contribution in [3.8, 4) is 11.5 Å². The Morgan fingerprint density at radius 1 is 1.08 bits per heavy atom. The van der Waals surface area contributed by atoms with E-state index in [1.807, 2.05) is 0 Å². The number of aliphatic hydroxyl groups excluding tert-OH is 1. The minimum Gasteiger partial charge on any atom is -0.384 e. The second-order valence-corrected chi connectivity index (χ2v) is 15.6. The maximum Gasteiger partial charge on any atom is 0.129 e. The maximum atomic E-state index is 8.59. The summed E-state index contributed by atoms with van der Waals surface area (Å²) in [6.45, 7) is 11.7. The lowest BCUT2D eigenvalue weighted by Gasteiger charge is -2.24. The molecule has 1 N–H and O–H groups in total. The largest absolute Gasteiger partial charge is 0.384 e. The molecule has 0 rings (SSSR count). The van der Waals surface area contributed by atoms with Crippen molar-refractivity contribution in [1.82, 2.24) is 0 Å². The monoisotopic (exact) mass is 200 g/mol. The first-order valence-electron chi connectivity index (χ1n) is 4.38. The fourth-order valence-electron chi connectivity index (χ4n) is 1.65. The molecule has 70 valence electrons. The highest BCUT2D eigenvalue weighted by molar-refractivity contribution is 6.98. The van der Waals surface area contributed by atoms with E-state index in [4.69, 9.17) is 5.11 Å². The second-order valence-electron chi connectivity index (χ2n) is 5.08. The third-order valence-corrected chi connectivity index (χ3v) is 10.1. The lowest BCUT2D eigenvalue weighted by molar-refractivity contribution is 0.350. The molecule has 0 atom stereocenters. The van der Waals surface area contributed by atoms with Crippen molar-refractivity contribution in [1.29, 1.82) is 0 Å². The first-order valence-corrected chi connectivity index (χ1v) is 11.3. The van der Waals surface area contributed by atoms with Gasteiger partial charge < -0.3 is 5.11 Å². The van der Waals surface area contributed by atoms with E-state index in [1.165, 1.54) is 5.67 Å². The first-order chi connectivity index (χ1) is 5.27. The highest BCUT2D eigenvalue weighted by atomic mass is 28.4. The van der Waals surface area contributed by atoms with Crippen molar-refractivity contribution < 1.29 is 5.11 Å². The van der Waals surface area contributed by atoms with E-state index in [9.17, 15) is 0 Å². The van der Waals surface area contributed by atoms with E-state index < -0.39 is 16.1 Å². The van der Waals surface area contributed by atoms with Crippen molar-refractivity contribution in [2.24, 2.45) is 0 Å². The topological polar surface area (TPSA) is 20.2 Å². The molecule has 0 aromatic heterocycles. The zero-order valence-corrected chi connectivity index (χ0v) is 10.9. The van der Waals surface area contributed by atoms with Gasteiger partial charge in [0.2, 0.25) is 0 Å². The van der Waals surface area contributed by atoms with Gasteiger partial charge in [0.25, 0.3) is 0 Å². The third-order valence-electron chi connectivity index (χ3n) is 1.48. The molecule has 0 aromatic rings. The van der Waals surface area contributed by atoms with Crippen molar-refractivity contribution >= 4 is 16.1 Å². The molecule has 0 aliphatic rings. The standard InChI is InChI=1S/C9H20OSi2/c1-11(2,3)9-12(4,5)8-6-7-10/h10H,7,9H2,1-5H3. The van der Waals surface area contributed by atoms with Crippen LogP contribution < -0.4 is 0 Å². The summed E-state index contributed by atoms with van der Waals surface area (Å²) in [5.41, 5.74) is 4.57. The Morgan fingerprint density at radius 3 is 1.92 bits per heavy atom. The Bertz CT molecular complexity index is 193. The lowest BCUT2D eigenvalue weighted by Crippen LogP contribution is -2.36. The van der Waals surface area contributed by atoms with Gasteiger partial charge in [-0.2, -0.15) is 0 Å². The molecule has 0 heterocycles. The summed E-state index contributed by atoms with van der Waals surface area (Å²) in [6, 6.07) is 0. The summed E-state index contributed by atoms with van der Waals surface area (Å²) in [5, 5.41) is 8.59. The van der Waals surface area contributed by atoms with Gasteiger partial charge in [-0.1, -0.05) is 44.3 Å². The summed E-state index contributed by atoms with van der Waals surface area (Å²) in [5.74, 6) is 2.80. The van der Waals surface area contributed by atoms with Crippen LogP contribution in [0, 0.1) is 11.5 Å². The van der Waals surface area contributed by atoms with Gasteiger partial charge in [-0.15, -0.1) is 5.54 Å². The van der Waals surface area contributed by atoms with E-state index in [0.717, 1.165) is 0 Å². The van der Waals surface area contributed by atoms with Gasteiger partial charge in [0.1, 0.15) is 14.7 Å². The van der Waals surface area contributed by atoms with E-state index in [2.05, 4.69) is 44.2 Å². The van der Waals surface area contributed by atoms with Gasteiger partial charge in [-0.05, 0) is 0 Å². The van der Waals surface area contributed by atoms with E-state index >= 15 is 0 Å². The summed E-state index contributed by atoms with van der Waals surface area (Å²) in [4.78, 5) is 0. The maximum absolute atomic E-state index is 8.59. The van der Waals surface area contributed by atoms with Crippen LogP contribution in [0.4, 0.5) is 0 Å². The Morgan fingerprint density at radius 2 is 1.58 bits per heavy atom. The predicted molar refractivity (Wildman–Crippen MR) is 60.5 cm³/mol. The van der Waals surface area contributed by atoms with Crippen molar-refractivity contribution in [2.75, 3.05) is 6.61 Å². The van der Waals surface area contributed by atoms with E-state index in [1.54, 1.807) is 0 Å². The van der Waals surface area contributed by atoms with Gasteiger partial charge in [-0.3, -0.25) is 0 Å². The van der Waals surface area contributed by atoms with Gasteiger partial charge in [0.15, 0.2) is 0 Å². The third kappa shape index (κ3) is 6.65. The van der Waals surface area contributed by atoms with E-state index in [0.29, 0.717) is 0 Å². The van der Waals surface area contributed by atoms with Crippen LogP contribution in [0.25, 0.3) is 0 Å². The molecule has 0 radical (unpaired) electrons. The average Bonchev–Trinajstić information content (AvgIpc) is 1.78. The molecule has 0 aromatic carbocycles. The summed E-state index contributed by atoms with van der Waals surface area (Å²) < 4.78 is 0. The fourth-order valence-corrected chi connectivity index (χ4v) is 13.2. The Hall–Kier alpha value is -0.0462. The molecule has 12 heavy (non-hydrogen) atoms. The highest BCUT2D eigenvalue weighted by Crippen LogP contribution is 2.18. The molecule has 0 saturated heterocycles. The minimum atomic E-state index is -1.32. The quantitative estimate of drug-likeness (QED) is 0.535. The minimum absolute atomic E-state index is 0.0160. The van der Waals surface area contributed by atoms with Gasteiger partial charge in [0.05, 0.1) is 0 Å². The highest BCUT2D eigenvalue weighted by Gasteiger charge is 2.26. The van der Waals surface area contributed by atoms with Crippen molar-refractivity contribution in [3.05, 3.63) is 0 Å². The van der Waals surface area contributed by atoms with Crippen LogP contribution in [-0.4, -0.2) is 27.9 Å². The summed E-state index contributed by atoms with van der Waals surface area (Å²) in [6.07, 6.45) is 0. The molecule has 0 aliphatic carbocycles. The molecule has 0 bridgehead atoms. The number of rotatable bonds is 2. The molecular formula is C9H20OSi2. The summed E-state index contributed by atoms with van der Waals surface area (Å²) >= 11 is 0. The molecular weight excluding hydrogens is 180 g/mol. The molecule has 1 nitrogen and oxygen atoms in total. The van der Waals surface area contributed by atoms with Crippen LogP contribution in [0.5, 0.6) is 0 Å². The van der Waals surface area contributed by atoms with Crippen LogP contribution in [0.3, 0.4) is 0 Å². The first kappa shape index (κ1) is 12.0. The van der Waals surface area contributed by atoms with Crippen molar-refractivity contribution in [3.63, 3.8) is 0 Å². The van der Waals surface area contributed by atoms with Gasteiger partial charge in [-0.25, -0.2) is 0 Å². The Kier molecular flexibility index (Phi) is 4.25. The van der Waals surface area contributed by atoms with E-state index in [-0.39, 0.29) is 6.61 Å². The van der Waals surface area contributed by atoms with Crippen LogP contribution in [0.2, 0.25) is 38.4 Å². The van der Waals surface area contributed by atoms with Crippen LogP contribution >= 0.6 is 0 Å². The molecule has 0 saturated carbocycles. The molecule has 0 spiro atoms. The molecule has 0 fully saturated rings. The lowest BCUT2D eigenvalue weighted by atomic mass is 10.8. The van der Waals surface area contributed by atoms with Crippen LogP contribution in [0.15, 0.2) is 0 Å². The van der Waals surface area contributed by atoms with Gasteiger partial charge in [0, 0.05) is 8.07 Å². The fraction of sp³-hybridized carbons (Fsp3) is 0.778. The smallest absolute Gasteiger partial charge is 0.129 e. The van der Waals surface area contributed by atoms with Crippen LogP contribution in [-0.2, 0) is 0 Å². The molecule has 0 amide bonds. The zero-order chi connectivity index (χ0) is 9.83. The van der Waals surface area contributed by atoms with Gasteiger partial charge >= 0.3 is 0 Å². The number of hydrogen-bond donors (Lipinski definition) is 1. The second kappa shape index (κ2) is 4.26. The Balaban J connectivity index is 4.23. The Labute approximate surface area is 78.2 Å². The molecule has 0 unspecified atom stereocenters.